The molecule has 94 valence electrons. The Hall–Kier alpha value is -2.21. The molecule has 0 saturated heterocycles. The van der Waals surface area contributed by atoms with E-state index in [1.165, 1.54) is 16.8 Å². The number of hydrogen-bond acceptors (Lipinski definition) is 4. The summed E-state index contributed by atoms with van der Waals surface area (Å²) in [7, 11) is 0. The molecule has 1 heterocycles. The summed E-state index contributed by atoms with van der Waals surface area (Å²) in [6.07, 6.45) is 1.57. The summed E-state index contributed by atoms with van der Waals surface area (Å²) in [5.41, 5.74) is 1.41. The molecule has 0 radical (unpaired) electrons. The highest BCUT2D eigenvalue weighted by Crippen LogP contribution is 2.15. The van der Waals surface area contributed by atoms with Crippen molar-refractivity contribution in [3.05, 3.63) is 41.7 Å². The highest BCUT2D eigenvalue weighted by molar-refractivity contribution is 5.87. The monoisotopic (exact) mass is 247 g/mol. The van der Waals surface area contributed by atoms with Gasteiger partial charge in [0.2, 0.25) is 0 Å². The molecule has 0 amide bonds. The number of rotatable bonds is 4. The first-order valence-electron chi connectivity index (χ1n) is 5.56. The molecule has 0 aliphatic carbocycles. The SMILES string of the molecule is CCC(O)c1cn(-c2ccc(C(=O)O)cc2)nn1. The van der Waals surface area contributed by atoms with Gasteiger partial charge in [0.15, 0.2) is 0 Å². The minimum absolute atomic E-state index is 0.215. The molecule has 6 heteroatoms. The van der Waals surface area contributed by atoms with Crippen LogP contribution in [0.2, 0.25) is 0 Å². The van der Waals surface area contributed by atoms with E-state index in [1.54, 1.807) is 18.3 Å². The van der Waals surface area contributed by atoms with E-state index in [1.807, 2.05) is 6.92 Å². The Morgan fingerprint density at radius 1 is 1.39 bits per heavy atom. The molecule has 0 saturated carbocycles. The number of aliphatic hydroxyl groups excluding tert-OH is 1. The largest absolute Gasteiger partial charge is 0.478 e. The molecule has 1 atom stereocenters. The lowest BCUT2D eigenvalue weighted by Gasteiger charge is -2.02. The molecule has 6 nitrogen and oxygen atoms in total. The van der Waals surface area contributed by atoms with E-state index in [9.17, 15) is 9.90 Å². The zero-order valence-electron chi connectivity index (χ0n) is 9.82. The predicted molar refractivity (Wildman–Crippen MR) is 63.6 cm³/mol. The molecule has 0 fully saturated rings. The van der Waals surface area contributed by atoms with Gasteiger partial charge < -0.3 is 10.2 Å². The number of aromatic nitrogens is 3. The third kappa shape index (κ3) is 2.38. The lowest BCUT2D eigenvalue weighted by Crippen LogP contribution is -1.99. The molecule has 1 aromatic carbocycles. The summed E-state index contributed by atoms with van der Waals surface area (Å²) in [4.78, 5) is 10.7. The number of carboxylic acid groups (broad SMARTS) is 1. The highest BCUT2D eigenvalue weighted by atomic mass is 16.4. The minimum Gasteiger partial charge on any atom is -0.478 e. The first-order valence-corrected chi connectivity index (χ1v) is 5.56. The lowest BCUT2D eigenvalue weighted by molar-refractivity contribution is 0.0697. The molecule has 0 bridgehead atoms. The average molecular weight is 247 g/mol. The third-order valence-electron chi connectivity index (χ3n) is 2.62. The Kier molecular flexibility index (Phi) is 3.38. The number of hydrogen-bond donors (Lipinski definition) is 2. The van der Waals surface area contributed by atoms with Crippen molar-refractivity contribution in [2.24, 2.45) is 0 Å². The lowest BCUT2D eigenvalue weighted by atomic mass is 10.2. The summed E-state index contributed by atoms with van der Waals surface area (Å²) in [6.45, 7) is 1.85. The van der Waals surface area contributed by atoms with Crippen molar-refractivity contribution in [1.82, 2.24) is 15.0 Å². The van der Waals surface area contributed by atoms with Crippen LogP contribution in [0.1, 0.15) is 35.5 Å². The van der Waals surface area contributed by atoms with Gasteiger partial charge in [0, 0.05) is 0 Å². The predicted octanol–water partition coefficient (Wildman–Crippen LogP) is 1.41. The number of carbonyl (C=O) groups is 1. The van der Waals surface area contributed by atoms with Crippen molar-refractivity contribution in [3.63, 3.8) is 0 Å². The average Bonchev–Trinajstić information content (AvgIpc) is 2.87. The van der Waals surface area contributed by atoms with Crippen LogP contribution in [-0.4, -0.2) is 31.2 Å². The Bertz CT molecular complexity index is 548. The van der Waals surface area contributed by atoms with Crippen molar-refractivity contribution in [2.45, 2.75) is 19.4 Å². The molecule has 2 rings (SSSR count). The number of aromatic carboxylic acids is 1. The normalized spacial score (nSPS) is 12.3. The van der Waals surface area contributed by atoms with E-state index in [0.717, 1.165) is 0 Å². The van der Waals surface area contributed by atoms with Crippen LogP contribution in [0.4, 0.5) is 0 Å². The van der Waals surface area contributed by atoms with Gasteiger partial charge in [-0.1, -0.05) is 12.1 Å². The van der Waals surface area contributed by atoms with Crippen LogP contribution in [-0.2, 0) is 0 Å². The molecule has 0 aliphatic heterocycles. The standard InChI is InChI=1S/C12H13N3O3/c1-2-11(16)10-7-15(14-13-10)9-5-3-8(4-6-9)12(17)18/h3-7,11,16H,2H2,1H3,(H,17,18). The molecular formula is C12H13N3O3. The number of aliphatic hydroxyl groups is 1. The van der Waals surface area contributed by atoms with Gasteiger partial charge in [-0.05, 0) is 30.7 Å². The number of nitrogens with zero attached hydrogens (tertiary/aromatic N) is 3. The van der Waals surface area contributed by atoms with Crippen molar-refractivity contribution < 1.29 is 15.0 Å². The molecule has 2 N–H and O–H groups in total. The van der Waals surface area contributed by atoms with Crippen LogP contribution in [0.15, 0.2) is 30.5 Å². The van der Waals surface area contributed by atoms with E-state index < -0.39 is 12.1 Å². The summed E-state index contributed by atoms with van der Waals surface area (Å²) in [5, 5.41) is 26.2. The van der Waals surface area contributed by atoms with Crippen molar-refractivity contribution in [3.8, 4) is 5.69 Å². The van der Waals surface area contributed by atoms with Crippen LogP contribution in [0.25, 0.3) is 5.69 Å². The van der Waals surface area contributed by atoms with E-state index in [4.69, 9.17) is 5.11 Å². The fourth-order valence-corrected chi connectivity index (χ4v) is 1.52. The summed E-state index contributed by atoms with van der Waals surface area (Å²) in [5.74, 6) is -0.970. The van der Waals surface area contributed by atoms with Crippen LogP contribution in [0.5, 0.6) is 0 Å². The van der Waals surface area contributed by atoms with Gasteiger partial charge in [0.05, 0.1) is 23.6 Å². The second kappa shape index (κ2) is 4.97. The van der Waals surface area contributed by atoms with Gasteiger partial charge in [-0.15, -0.1) is 5.10 Å². The third-order valence-corrected chi connectivity index (χ3v) is 2.62. The zero-order valence-corrected chi connectivity index (χ0v) is 9.82. The first kappa shape index (κ1) is 12.3. The maximum atomic E-state index is 10.7. The molecule has 1 unspecified atom stereocenters. The Labute approximate surface area is 103 Å². The quantitative estimate of drug-likeness (QED) is 0.852. The maximum Gasteiger partial charge on any atom is 0.335 e. The van der Waals surface area contributed by atoms with Crippen LogP contribution < -0.4 is 0 Å². The topological polar surface area (TPSA) is 88.2 Å². The van der Waals surface area contributed by atoms with Crippen LogP contribution in [0.3, 0.4) is 0 Å². The molecule has 2 aromatic rings. The Morgan fingerprint density at radius 2 is 2.06 bits per heavy atom. The van der Waals surface area contributed by atoms with E-state index in [2.05, 4.69) is 10.3 Å². The van der Waals surface area contributed by atoms with Crippen LogP contribution in [0, 0.1) is 0 Å². The molecule has 1 aromatic heterocycles. The molecular weight excluding hydrogens is 234 g/mol. The summed E-state index contributed by atoms with van der Waals surface area (Å²) < 4.78 is 1.50. The number of benzene rings is 1. The van der Waals surface area contributed by atoms with Gasteiger partial charge in [-0.3, -0.25) is 0 Å². The molecule has 0 aliphatic rings. The number of carboxylic acids is 1. The highest BCUT2D eigenvalue weighted by Gasteiger charge is 2.10. The van der Waals surface area contributed by atoms with Crippen LogP contribution >= 0.6 is 0 Å². The van der Waals surface area contributed by atoms with Crippen molar-refractivity contribution >= 4 is 5.97 Å². The Balaban J connectivity index is 2.26. The van der Waals surface area contributed by atoms with E-state index in [-0.39, 0.29) is 5.56 Å². The molecule has 18 heavy (non-hydrogen) atoms. The van der Waals surface area contributed by atoms with Crippen molar-refractivity contribution in [2.75, 3.05) is 0 Å². The summed E-state index contributed by atoms with van der Waals surface area (Å²) >= 11 is 0. The fourth-order valence-electron chi connectivity index (χ4n) is 1.52. The van der Waals surface area contributed by atoms with Gasteiger partial charge >= 0.3 is 5.97 Å². The van der Waals surface area contributed by atoms with E-state index in [0.29, 0.717) is 17.8 Å². The first-order chi connectivity index (χ1) is 8.61. The zero-order chi connectivity index (χ0) is 13.1. The summed E-state index contributed by atoms with van der Waals surface area (Å²) in [6, 6.07) is 6.27. The second-order valence-corrected chi connectivity index (χ2v) is 3.86. The van der Waals surface area contributed by atoms with E-state index >= 15 is 0 Å². The van der Waals surface area contributed by atoms with Gasteiger partial charge in [0.1, 0.15) is 5.69 Å². The van der Waals surface area contributed by atoms with Gasteiger partial charge in [-0.25, -0.2) is 9.48 Å². The Morgan fingerprint density at radius 3 is 2.61 bits per heavy atom. The van der Waals surface area contributed by atoms with Gasteiger partial charge in [-0.2, -0.15) is 0 Å². The second-order valence-electron chi connectivity index (χ2n) is 3.86. The maximum absolute atomic E-state index is 10.7. The van der Waals surface area contributed by atoms with Crippen molar-refractivity contribution in [1.29, 1.82) is 0 Å². The minimum atomic E-state index is -0.970. The smallest absolute Gasteiger partial charge is 0.335 e. The van der Waals surface area contributed by atoms with Gasteiger partial charge in [0.25, 0.3) is 0 Å². The molecule has 0 spiro atoms. The fraction of sp³-hybridized carbons (Fsp3) is 0.250.